The number of carbonyl (C=O) groups excluding carboxylic acids is 2. The first-order chi connectivity index (χ1) is 12.1. The van der Waals surface area contributed by atoms with Crippen LogP contribution >= 0.6 is 0 Å². The summed E-state index contributed by atoms with van der Waals surface area (Å²) in [6, 6.07) is 0. The fourth-order valence-electron chi connectivity index (χ4n) is 3.38. The molecule has 1 heterocycles. The van der Waals surface area contributed by atoms with Gasteiger partial charge in [-0.3, -0.25) is 14.5 Å². The van der Waals surface area contributed by atoms with E-state index < -0.39 is 0 Å². The van der Waals surface area contributed by atoms with Gasteiger partial charge < -0.3 is 10.5 Å². The third-order valence-electron chi connectivity index (χ3n) is 5.10. The number of primary amides is 1. The second-order valence-corrected chi connectivity index (χ2v) is 7.36. The van der Waals surface area contributed by atoms with Gasteiger partial charge in [0.1, 0.15) is 0 Å². The van der Waals surface area contributed by atoms with Gasteiger partial charge in [-0.15, -0.1) is 0 Å². The van der Waals surface area contributed by atoms with Gasteiger partial charge >= 0.3 is 5.97 Å². The highest BCUT2D eigenvalue weighted by Crippen LogP contribution is 2.16. The highest BCUT2D eigenvalue weighted by Gasteiger charge is 2.24. The zero-order chi connectivity index (χ0) is 18.3. The van der Waals surface area contributed by atoms with Crippen molar-refractivity contribution in [2.45, 2.75) is 84.0 Å². The monoisotopic (exact) mass is 354 g/mol. The van der Waals surface area contributed by atoms with E-state index in [2.05, 4.69) is 11.8 Å². The van der Waals surface area contributed by atoms with Crippen LogP contribution in [-0.2, 0) is 14.3 Å². The summed E-state index contributed by atoms with van der Waals surface area (Å²) in [4.78, 5) is 25.0. The molecule has 0 bridgehead atoms. The van der Waals surface area contributed by atoms with E-state index in [4.69, 9.17) is 10.5 Å². The maximum atomic E-state index is 11.8. The number of hydrogen-bond donors (Lipinski definition) is 1. The highest BCUT2D eigenvalue weighted by molar-refractivity contribution is 5.76. The van der Waals surface area contributed by atoms with Crippen LogP contribution in [0, 0.1) is 5.92 Å². The summed E-state index contributed by atoms with van der Waals surface area (Å²) in [6.45, 7) is 4.62. The number of hydrogen-bond acceptors (Lipinski definition) is 4. The number of nitrogens with zero attached hydrogens (tertiary/aromatic N) is 1. The third kappa shape index (κ3) is 11.2. The van der Waals surface area contributed by atoms with Gasteiger partial charge in [-0.25, -0.2) is 0 Å². The number of esters is 1. The van der Waals surface area contributed by atoms with Crippen LogP contribution in [0.5, 0.6) is 0 Å². The molecule has 1 aliphatic heterocycles. The summed E-state index contributed by atoms with van der Waals surface area (Å²) in [7, 11) is 0. The van der Waals surface area contributed by atoms with E-state index in [1.165, 1.54) is 51.4 Å². The molecule has 1 aliphatic rings. The SMILES string of the molecule is CCCCCCCCCCCCOC(=O)CN1CCC(C(N)=O)CC1. The Kier molecular flexibility index (Phi) is 12.4. The first-order valence-corrected chi connectivity index (χ1v) is 10.3. The molecule has 1 rings (SSSR count). The largest absolute Gasteiger partial charge is 0.465 e. The number of amides is 1. The topological polar surface area (TPSA) is 72.6 Å². The minimum absolute atomic E-state index is 0.0288. The average Bonchev–Trinajstić information content (AvgIpc) is 2.60. The lowest BCUT2D eigenvalue weighted by molar-refractivity contribution is -0.145. The minimum Gasteiger partial charge on any atom is -0.465 e. The zero-order valence-corrected chi connectivity index (χ0v) is 16.1. The number of unbranched alkanes of at least 4 members (excludes halogenated alkanes) is 9. The Balaban J connectivity index is 1.88. The Morgan fingerprint density at radius 3 is 1.96 bits per heavy atom. The standard InChI is InChI=1S/C20H38N2O3/c1-2-3-4-5-6-7-8-9-10-11-16-25-19(23)17-22-14-12-18(13-15-22)20(21)24/h18H,2-17H2,1H3,(H2,21,24). The molecule has 1 saturated heterocycles. The molecular formula is C20H38N2O3. The Morgan fingerprint density at radius 2 is 1.44 bits per heavy atom. The van der Waals surface area contributed by atoms with Crippen molar-refractivity contribution in [3.05, 3.63) is 0 Å². The van der Waals surface area contributed by atoms with Gasteiger partial charge in [0.15, 0.2) is 0 Å². The summed E-state index contributed by atoms with van der Waals surface area (Å²) in [5.74, 6) is -0.393. The van der Waals surface area contributed by atoms with E-state index in [0.29, 0.717) is 13.2 Å². The molecule has 0 atom stereocenters. The van der Waals surface area contributed by atoms with Crippen LogP contribution in [0.3, 0.4) is 0 Å². The molecule has 0 aromatic carbocycles. The van der Waals surface area contributed by atoms with Gasteiger partial charge in [-0.05, 0) is 32.4 Å². The third-order valence-corrected chi connectivity index (χ3v) is 5.10. The molecule has 2 N–H and O–H groups in total. The van der Waals surface area contributed by atoms with Crippen molar-refractivity contribution in [1.82, 2.24) is 4.90 Å². The maximum absolute atomic E-state index is 11.8. The van der Waals surface area contributed by atoms with Crippen molar-refractivity contribution >= 4 is 11.9 Å². The highest BCUT2D eigenvalue weighted by atomic mass is 16.5. The van der Waals surface area contributed by atoms with Crippen LogP contribution in [0.1, 0.15) is 84.0 Å². The zero-order valence-electron chi connectivity index (χ0n) is 16.1. The Labute approximate surface area is 153 Å². The Morgan fingerprint density at radius 1 is 0.920 bits per heavy atom. The van der Waals surface area contributed by atoms with Gasteiger partial charge in [-0.1, -0.05) is 64.7 Å². The van der Waals surface area contributed by atoms with Gasteiger partial charge in [0.25, 0.3) is 0 Å². The van der Waals surface area contributed by atoms with E-state index in [1.807, 2.05) is 0 Å². The van der Waals surface area contributed by atoms with Crippen molar-refractivity contribution < 1.29 is 14.3 Å². The van der Waals surface area contributed by atoms with Gasteiger partial charge in [0, 0.05) is 5.92 Å². The summed E-state index contributed by atoms with van der Waals surface area (Å²) < 4.78 is 5.32. The summed E-state index contributed by atoms with van der Waals surface area (Å²) in [6.07, 6.45) is 14.3. The number of piperidine rings is 1. The van der Waals surface area contributed by atoms with Crippen LogP contribution in [0.15, 0.2) is 0 Å². The smallest absolute Gasteiger partial charge is 0.320 e. The minimum atomic E-state index is -0.219. The number of ether oxygens (including phenoxy) is 1. The molecule has 0 aromatic heterocycles. The average molecular weight is 355 g/mol. The Bertz CT molecular complexity index is 366. The lowest BCUT2D eigenvalue weighted by Gasteiger charge is -2.29. The molecule has 0 saturated carbocycles. The van der Waals surface area contributed by atoms with E-state index >= 15 is 0 Å². The van der Waals surface area contributed by atoms with E-state index in [0.717, 1.165) is 38.8 Å². The number of nitrogens with two attached hydrogens (primary N) is 1. The molecule has 0 aliphatic carbocycles. The predicted octanol–water partition coefficient (Wildman–Crippen LogP) is 3.65. The molecule has 5 heteroatoms. The molecule has 146 valence electrons. The van der Waals surface area contributed by atoms with Gasteiger partial charge in [-0.2, -0.15) is 0 Å². The molecule has 0 unspecified atom stereocenters. The van der Waals surface area contributed by atoms with Crippen LogP contribution in [0.25, 0.3) is 0 Å². The molecule has 0 spiro atoms. The summed E-state index contributed by atoms with van der Waals surface area (Å²) >= 11 is 0. The van der Waals surface area contributed by atoms with Crippen molar-refractivity contribution in [2.24, 2.45) is 11.7 Å². The normalized spacial score (nSPS) is 16.0. The van der Waals surface area contributed by atoms with Crippen LogP contribution < -0.4 is 5.73 Å². The first-order valence-electron chi connectivity index (χ1n) is 10.3. The molecule has 0 aromatic rings. The molecule has 25 heavy (non-hydrogen) atoms. The number of carbonyl (C=O) groups is 2. The van der Waals surface area contributed by atoms with Gasteiger partial charge in [0.05, 0.1) is 13.2 Å². The lowest BCUT2D eigenvalue weighted by atomic mass is 9.96. The quantitative estimate of drug-likeness (QED) is 0.382. The van der Waals surface area contributed by atoms with Crippen molar-refractivity contribution in [3.8, 4) is 0 Å². The predicted molar refractivity (Wildman–Crippen MR) is 101 cm³/mol. The van der Waals surface area contributed by atoms with Crippen molar-refractivity contribution in [2.75, 3.05) is 26.2 Å². The molecule has 1 amide bonds. The Hall–Kier alpha value is -1.10. The molecule has 1 fully saturated rings. The lowest BCUT2D eigenvalue weighted by Crippen LogP contribution is -2.41. The summed E-state index contributed by atoms with van der Waals surface area (Å²) in [5, 5.41) is 0. The number of rotatable bonds is 14. The van der Waals surface area contributed by atoms with Crippen LogP contribution in [-0.4, -0.2) is 43.0 Å². The molecule has 0 radical (unpaired) electrons. The second-order valence-electron chi connectivity index (χ2n) is 7.36. The van der Waals surface area contributed by atoms with Crippen LogP contribution in [0.2, 0.25) is 0 Å². The van der Waals surface area contributed by atoms with Crippen LogP contribution in [0.4, 0.5) is 0 Å². The molecular weight excluding hydrogens is 316 g/mol. The van der Waals surface area contributed by atoms with E-state index in [-0.39, 0.29) is 17.8 Å². The number of likely N-dealkylation sites (tertiary alicyclic amines) is 1. The fourth-order valence-corrected chi connectivity index (χ4v) is 3.38. The van der Waals surface area contributed by atoms with Crippen molar-refractivity contribution in [1.29, 1.82) is 0 Å². The van der Waals surface area contributed by atoms with Gasteiger partial charge in [0.2, 0.25) is 5.91 Å². The second kappa shape index (κ2) is 14.1. The van der Waals surface area contributed by atoms with E-state index in [1.54, 1.807) is 0 Å². The molecule has 5 nitrogen and oxygen atoms in total. The first kappa shape index (κ1) is 21.9. The fraction of sp³-hybridized carbons (Fsp3) is 0.900. The van der Waals surface area contributed by atoms with E-state index in [9.17, 15) is 9.59 Å². The maximum Gasteiger partial charge on any atom is 0.320 e. The summed E-state index contributed by atoms with van der Waals surface area (Å²) in [5.41, 5.74) is 5.32. The van der Waals surface area contributed by atoms with Crippen molar-refractivity contribution in [3.63, 3.8) is 0 Å².